The van der Waals surface area contributed by atoms with Crippen LogP contribution in [0.15, 0.2) is 65.5 Å². The fraction of sp³-hybridized carbons (Fsp3) is 0.261. The molecule has 2 N–H and O–H groups in total. The van der Waals surface area contributed by atoms with Crippen LogP contribution < -0.4 is 11.3 Å². The molecule has 0 saturated heterocycles. The molecule has 3 heteroatoms. The van der Waals surface area contributed by atoms with Crippen molar-refractivity contribution in [3.63, 3.8) is 0 Å². The van der Waals surface area contributed by atoms with Gasteiger partial charge in [-0.05, 0) is 74.1 Å². The van der Waals surface area contributed by atoms with Crippen molar-refractivity contribution in [2.24, 2.45) is 5.73 Å². The lowest BCUT2D eigenvalue weighted by atomic mass is 9.97. The van der Waals surface area contributed by atoms with E-state index in [1.165, 1.54) is 11.1 Å². The largest absolute Gasteiger partial charge is 0.327 e. The van der Waals surface area contributed by atoms with Gasteiger partial charge in [-0.1, -0.05) is 36.4 Å². The summed E-state index contributed by atoms with van der Waals surface area (Å²) in [6.07, 6.45) is 1.51. The highest BCUT2D eigenvalue weighted by Crippen LogP contribution is 2.14. The average Bonchev–Trinajstić information content (AvgIpc) is 2.56. The molecule has 134 valence electrons. The third kappa shape index (κ3) is 4.12. The van der Waals surface area contributed by atoms with Crippen molar-refractivity contribution < 1.29 is 0 Å². The molecule has 0 saturated carbocycles. The minimum Gasteiger partial charge on any atom is -0.327 e. The summed E-state index contributed by atoms with van der Waals surface area (Å²) in [7, 11) is 0. The molecule has 0 aliphatic rings. The van der Waals surface area contributed by atoms with Gasteiger partial charge in [0.25, 0.3) is 5.56 Å². The molecule has 1 aromatic heterocycles. The Hall–Kier alpha value is -2.65. The second-order valence-electron chi connectivity index (χ2n) is 7.11. The van der Waals surface area contributed by atoms with Gasteiger partial charge in [0.1, 0.15) is 0 Å². The first-order valence-corrected chi connectivity index (χ1v) is 9.04. The maximum atomic E-state index is 12.7. The van der Waals surface area contributed by atoms with E-state index in [-0.39, 0.29) is 11.6 Å². The van der Waals surface area contributed by atoms with Gasteiger partial charge in [-0.2, -0.15) is 0 Å². The fourth-order valence-corrected chi connectivity index (χ4v) is 3.48. The molecule has 3 rings (SSSR count). The zero-order chi connectivity index (χ0) is 18.7. The van der Waals surface area contributed by atoms with E-state index in [1.54, 1.807) is 10.6 Å². The van der Waals surface area contributed by atoms with E-state index < -0.39 is 0 Å². The van der Waals surface area contributed by atoms with Gasteiger partial charge < -0.3 is 5.73 Å². The average molecular weight is 346 g/mol. The Morgan fingerprint density at radius 2 is 1.69 bits per heavy atom. The van der Waals surface area contributed by atoms with Crippen molar-refractivity contribution in [2.45, 2.75) is 39.7 Å². The molecule has 26 heavy (non-hydrogen) atoms. The van der Waals surface area contributed by atoms with Gasteiger partial charge in [-0.15, -0.1) is 0 Å². The predicted octanol–water partition coefficient (Wildman–Crippen LogP) is 3.88. The Labute approximate surface area is 155 Å². The molecule has 0 fully saturated rings. The van der Waals surface area contributed by atoms with Crippen LogP contribution in [0.3, 0.4) is 0 Å². The molecule has 0 bridgehead atoms. The van der Waals surface area contributed by atoms with Gasteiger partial charge in [-0.3, -0.25) is 9.36 Å². The first kappa shape index (κ1) is 18.2. The van der Waals surface area contributed by atoms with Crippen molar-refractivity contribution in [1.29, 1.82) is 0 Å². The van der Waals surface area contributed by atoms with E-state index in [0.29, 0.717) is 6.42 Å². The molecular weight excluding hydrogens is 320 g/mol. The van der Waals surface area contributed by atoms with Crippen LogP contribution in [0.25, 0.3) is 5.69 Å². The maximum absolute atomic E-state index is 12.7. The standard InChI is InChI=1S/C23H26N2O/c1-16-7-6-10-22(11-16)25-18(3)12-19(14-23(25)26)13-21(24)15-20-9-5-4-8-17(20)2/h4-12,14,21H,13,15,24H2,1-3H3. The van der Waals surface area contributed by atoms with Gasteiger partial charge in [0, 0.05) is 23.5 Å². The fourth-order valence-electron chi connectivity index (χ4n) is 3.48. The highest BCUT2D eigenvalue weighted by Gasteiger charge is 2.11. The molecule has 1 heterocycles. The maximum Gasteiger partial charge on any atom is 0.255 e. The molecule has 3 nitrogen and oxygen atoms in total. The summed E-state index contributed by atoms with van der Waals surface area (Å²) in [6.45, 7) is 6.11. The van der Waals surface area contributed by atoms with E-state index in [1.807, 2.05) is 50.2 Å². The smallest absolute Gasteiger partial charge is 0.255 e. The number of hydrogen-bond donors (Lipinski definition) is 1. The van der Waals surface area contributed by atoms with Gasteiger partial charge in [0.05, 0.1) is 0 Å². The van der Waals surface area contributed by atoms with Crippen molar-refractivity contribution in [2.75, 3.05) is 0 Å². The van der Waals surface area contributed by atoms with Gasteiger partial charge >= 0.3 is 0 Å². The second-order valence-corrected chi connectivity index (χ2v) is 7.11. The molecule has 0 amide bonds. The molecule has 1 unspecified atom stereocenters. The Kier molecular flexibility index (Phi) is 5.38. The van der Waals surface area contributed by atoms with E-state index in [4.69, 9.17) is 5.73 Å². The summed E-state index contributed by atoms with van der Waals surface area (Å²) in [5.41, 5.74) is 12.9. The minimum absolute atomic E-state index is 0.00584. The third-order valence-electron chi connectivity index (χ3n) is 4.78. The SMILES string of the molecule is Cc1cccc(-n2c(C)cc(CC(N)Cc3ccccc3C)cc2=O)c1. The summed E-state index contributed by atoms with van der Waals surface area (Å²) < 4.78 is 1.75. The highest BCUT2D eigenvalue weighted by molar-refractivity contribution is 5.38. The summed E-state index contributed by atoms with van der Waals surface area (Å²) in [5, 5.41) is 0. The van der Waals surface area contributed by atoms with Crippen molar-refractivity contribution in [3.05, 3.63) is 99.0 Å². The topological polar surface area (TPSA) is 48.0 Å². The van der Waals surface area contributed by atoms with E-state index in [9.17, 15) is 4.79 Å². The van der Waals surface area contributed by atoms with E-state index >= 15 is 0 Å². The van der Waals surface area contributed by atoms with Gasteiger partial charge in [0.15, 0.2) is 0 Å². The van der Waals surface area contributed by atoms with Crippen molar-refractivity contribution >= 4 is 0 Å². The van der Waals surface area contributed by atoms with Gasteiger partial charge in [-0.25, -0.2) is 0 Å². The van der Waals surface area contributed by atoms with Crippen LogP contribution in [0.4, 0.5) is 0 Å². The van der Waals surface area contributed by atoms with Crippen LogP contribution in [-0.2, 0) is 12.8 Å². The van der Waals surface area contributed by atoms with E-state index in [2.05, 4.69) is 25.1 Å². The number of nitrogens with two attached hydrogens (primary N) is 1. The summed E-state index contributed by atoms with van der Waals surface area (Å²) in [6, 6.07) is 20.1. The summed E-state index contributed by atoms with van der Waals surface area (Å²) in [4.78, 5) is 12.7. The Bertz CT molecular complexity index is 972. The molecular formula is C23H26N2O. The van der Waals surface area contributed by atoms with Crippen LogP contribution in [0, 0.1) is 20.8 Å². The molecule has 1 atom stereocenters. The summed E-state index contributed by atoms with van der Waals surface area (Å²) in [5.74, 6) is 0. The molecule has 3 aromatic rings. The number of aryl methyl sites for hydroxylation is 3. The Balaban J connectivity index is 1.82. The molecule has 0 aliphatic heterocycles. The van der Waals surface area contributed by atoms with Crippen LogP contribution in [0.5, 0.6) is 0 Å². The highest BCUT2D eigenvalue weighted by atomic mass is 16.1. The van der Waals surface area contributed by atoms with Crippen LogP contribution >= 0.6 is 0 Å². The number of rotatable bonds is 5. The van der Waals surface area contributed by atoms with Crippen molar-refractivity contribution in [3.8, 4) is 5.69 Å². The number of nitrogens with zero attached hydrogens (tertiary/aromatic N) is 1. The lowest BCUT2D eigenvalue weighted by Gasteiger charge is -2.16. The number of aromatic nitrogens is 1. The normalized spacial score (nSPS) is 12.2. The molecule has 0 spiro atoms. The Morgan fingerprint density at radius 3 is 2.38 bits per heavy atom. The quantitative estimate of drug-likeness (QED) is 0.762. The number of pyridine rings is 1. The van der Waals surface area contributed by atoms with Crippen molar-refractivity contribution in [1.82, 2.24) is 4.57 Å². The van der Waals surface area contributed by atoms with Crippen LogP contribution in [0.1, 0.15) is 27.9 Å². The number of hydrogen-bond acceptors (Lipinski definition) is 2. The lowest BCUT2D eigenvalue weighted by Crippen LogP contribution is -2.28. The number of benzene rings is 2. The van der Waals surface area contributed by atoms with Crippen LogP contribution in [0.2, 0.25) is 0 Å². The second kappa shape index (κ2) is 7.71. The molecule has 0 aliphatic carbocycles. The van der Waals surface area contributed by atoms with Gasteiger partial charge in [0.2, 0.25) is 0 Å². The minimum atomic E-state index is -0.00952. The summed E-state index contributed by atoms with van der Waals surface area (Å²) >= 11 is 0. The monoisotopic (exact) mass is 346 g/mol. The predicted molar refractivity (Wildman–Crippen MR) is 108 cm³/mol. The zero-order valence-corrected chi connectivity index (χ0v) is 15.7. The first-order valence-electron chi connectivity index (χ1n) is 9.04. The molecule has 0 radical (unpaired) electrons. The zero-order valence-electron chi connectivity index (χ0n) is 15.7. The van der Waals surface area contributed by atoms with Crippen LogP contribution in [-0.4, -0.2) is 10.6 Å². The lowest BCUT2D eigenvalue weighted by molar-refractivity contribution is 0.660. The third-order valence-corrected chi connectivity index (χ3v) is 4.78. The molecule has 2 aromatic carbocycles. The Morgan fingerprint density at radius 1 is 0.923 bits per heavy atom. The van der Waals surface area contributed by atoms with E-state index in [0.717, 1.165) is 28.9 Å². The first-order chi connectivity index (χ1) is 12.4.